The second kappa shape index (κ2) is 5.71. The predicted molar refractivity (Wildman–Crippen MR) is 71.9 cm³/mol. The van der Waals surface area contributed by atoms with Crippen molar-refractivity contribution in [3.63, 3.8) is 0 Å². The zero-order chi connectivity index (χ0) is 13.8. The Labute approximate surface area is 110 Å². The molecular weight excluding hydrogens is 226 g/mol. The Morgan fingerprint density at radius 3 is 2.39 bits per heavy atom. The Bertz CT molecular complexity index is 339. The van der Waals surface area contributed by atoms with E-state index in [-0.39, 0.29) is 11.4 Å². The predicted octanol–water partition coefficient (Wildman–Crippen LogP) is 1.92. The lowest BCUT2D eigenvalue weighted by molar-refractivity contribution is -0.128. The zero-order valence-corrected chi connectivity index (χ0v) is 12.0. The van der Waals surface area contributed by atoms with Crippen molar-refractivity contribution in [3.05, 3.63) is 0 Å². The maximum Gasteiger partial charge on any atom is 0.240 e. The highest BCUT2D eigenvalue weighted by Gasteiger charge is 2.38. The molecule has 1 aliphatic rings. The average molecular weight is 251 g/mol. The monoisotopic (exact) mass is 251 g/mol. The van der Waals surface area contributed by atoms with E-state index >= 15 is 0 Å². The normalized spacial score (nSPS) is 21.3. The molecule has 0 saturated heterocycles. The molecule has 1 saturated carbocycles. The molecule has 1 amide bonds. The molecule has 0 aromatic heterocycles. The number of carbonyl (C=O) groups excluding carboxylic acids is 1. The zero-order valence-electron chi connectivity index (χ0n) is 12.0. The lowest BCUT2D eigenvalue weighted by Gasteiger charge is -2.37. The van der Waals surface area contributed by atoms with Crippen LogP contribution in [0.15, 0.2) is 0 Å². The summed E-state index contributed by atoms with van der Waals surface area (Å²) in [7, 11) is 4.14. The SMILES string of the molecule is CCC(C)(C#N)C(=O)NCC1(N(C)C)CCCC1. The molecule has 1 fully saturated rings. The number of nitrogens with one attached hydrogen (secondary N) is 1. The van der Waals surface area contributed by atoms with Crippen LogP contribution in [0.4, 0.5) is 0 Å². The van der Waals surface area contributed by atoms with Gasteiger partial charge in [0.2, 0.25) is 5.91 Å². The Morgan fingerprint density at radius 1 is 1.44 bits per heavy atom. The minimum absolute atomic E-state index is 0.0831. The number of hydrogen-bond acceptors (Lipinski definition) is 3. The molecule has 4 heteroatoms. The van der Waals surface area contributed by atoms with Crippen LogP contribution in [0.2, 0.25) is 0 Å². The first-order chi connectivity index (χ1) is 8.40. The minimum atomic E-state index is -0.897. The van der Waals surface area contributed by atoms with E-state index in [9.17, 15) is 4.79 Å². The Kier molecular flexibility index (Phi) is 4.75. The van der Waals surface area contributed by atoms with Crippen molar-refractivity contribution in [2.45, 2.75) is 51.5 Å². The molecule has 1 aliphatic carbocycles. The van der Waals surface area contributed by atoms with Gasteiger partial charge in [0.15, 0.2) is 0 Å². The van der Waals surface area contributed by atoms with Gasteiger partial charge in [0.05, 0.1) is 6.07 Å². The summed E-state index contributed by atoms with van der Waals surface area (Å²) in [6.07, 6.45) is 5.23. The van der Waals surface area contributed by atoms with Crippen LogP contribution >= 0.6 is 0 Å². The number of hydrogen-bond donors (Lipinski definition) is 1. The molecular formula is C14H25N3O. The van der Waals surface area contributed by atoms with E-state index in [1.165, 1.54) is 12.8 Å². The molecule has 1 atom stereocenters. The van der Waals surface area contributed by atoms with Gasteiger partial charge in [0.1, 0.15) is 5.41 Å². The van der Waals surface area contributed by atoms with E-state index < -0.39 is 5.41 Å². The summed E-state index contributed by atoms with van der Waals surface area (Å²) in [6.45, 7) is 4.23. The van der Waals surface area contributed by atoms with Gasteiger partial charge in [-0.2, -0.15) is 5.26 Å². The van der Waals surface area contributed by atoms with E-state index in [0.29, 0.717) is 13.0 Å². The number of nitrogens with zero attached hydrogens (tertiary/aromatic N) is 2. The standard InChI is InChI=1S/C14H25N3O/c1-5-13(2,10-15)12(18)16-11-14(17(3)4)8-6-7-9-14/h5-9,11H2,1-4H3,(H,16,18). The molecule has 4 nitrogen and oxygen atoms in total. The third-order valence-electron chi connectivity index (χ3n) is 4.52. The first-order valence-corrected chi connectivity index (χ1v) is 6.77. The molecule has 0 radical (unpaired) electrons. The lowest BCUT2D eigenvalue weighted by Crippen LogP contribution is -2.52. The summed E-state index contributed by atoms with van der Waals surface area (Å²) in [4.78, 5) is 14.3. The Hall–Kier alpha value is -1.08. The molecule has 1 N–H and O–H groups in total. The third-order valence-corrected chi connectivity index (χ3v) is 4.52. The molecule has 0 aromatic carbocycles. The summed E-state index contributed by atoms with van der Waals surface area (Å²) in [6, 6.07) is 2.12. The van der Waals surface area contributed by atoms with Gasteiger partial charge in [-0.1, -0.05) is 19.8 Å². The van der Waals surface area contributed by atoms with Gasteiger partial charge in [-0.3, -0.25) is 4.79 Å². The fraction of sp³-hybridized carbons (Fsp3) is 0.857. The van der Waals surface area contributed by atoms with Crippen LogP contribution in [0.1, 0.15) is 46.0 Å². The highest BCUT2D eigenvalue weighted by molar-refractivity contribution is 5.84. The maximum absolute atomic E-state index is 12.1. The van der Waals surface area contributed by atoms with Gasteiger partial charge in [-0.15, -0.1) is 0 Å². The summed E-state index contributed by atoms with van der Waals surface area (Å²) >= 11 is 0. The number of likely N-dealkylation sites (N-methyl/N-ethyl adjacent to an activating group) is 1. The number of rotatable bonds is 5. The summed E-state index contributed by atoms with van der Waals surface area (Å²) in [5.41, 5.74) is -0.814. The van der Waals surface area contributed by atoms with Crippen LogP contribution in [0.3, 0.4) is 0 Å². The highest BCUT2D eigenvalue weighted by Crippen LogP contribution is 2.33. The second-order valence-corrected chi connectivity index (χ2v) is 5.81. The first-order valence-electron chi connectivity index (χ1n) is 6.77. The molecule has 0 bridgehead atoms. The van der Waals surface area contributed by atoms with Crippen LogP contribution in [0, 0.1) is 16.7 Å². The third kappa shape index (κ3) is 2.84. The summed E-state index contributed by atoms with van der Waals surface area (Å²) in [5.74, 6) is -0.138. The molecule has 1 rings (SSSR count). The van der Waals surface area contributed by atoms with E-state index in [4.69, 9.17) is 5.26 Å². The second-order valence-electron chi connectivity index (χ2n) is 5.81. The first kappa shape index (κ1) is 15.0. The van der Waals surface area contributed by atoms with Crippen molar-refractivity contribution >= 4 is 5.91 Å². The van der Waals surface area contributed by atoms with Crippen LogP contribution in [0.5, 0.6) is 0 Å². The average Bonchev–Trinajstić information content (AvgIpc) is 2.85. The molecule has 0 spiro atoms. The molecule has 1 unspecified atom stereocenters. The van der Waals surface area contributed by atoms with Crippen LogP contribution < -0.4 is 5.32 Å². The molecule has 0 aromatic rings. The number of nitriles is 1. The maximum atomic E-state index is 12.1. The van der Waals surface area contributed by atoms with Crippen molar-refractivity contribution in [2.24, 2.45) is 5.41 Å². The highest BCUT2D eigenvalue weighted by atomic mass is 16.2. The van der Waals surface area contributed by atoms with Crippen LogP contribution in [-0.4, -0.2) is 37.0 Å². The van der Waals surface area contributed by atoms with Crippen molar-refractivity contribution in [3.8, 4) is 6.07 Å². The quantitative estimate of drug-likeness (QED) is 0.812. The van der Waals surface area contributed by atoms with Gasteiger partial charge in [0, 0.05) is 12.1 Å². The summed E-state index contributed by atoms with van der Waals surface area (Å²) < 4.78 is 0. The minimum Gasteiger partial charge on any atom is -0.353 e. The van der Waals surface area contributed by atoms with Crippen LogP contribution in [0.25, 0.3) is 0 Å². The van der Waals surface area contributed by atoms with E-state index in [0.717, 1.165) is 12.8 Å². The van der Waals surface area contributed by atoms with E-state index in [2.05, 4.69) is 30.4 Å². The summed E-state index contributed by atoms with van der Waals surface area (Å²) in [5, 5.41) is 12.1. The fourth-order valence-electron chi connectivity index (χ4n) is 2.55. The molecule has 0 aliphatic heterocycles. The van der Waals surface area contributed by atoms with Crippen LogP contribution in [-0.2, 0) is 4.79 Å². The largest absolute Gasteiger partial charge is 0.353 e. The number of carbonyl (C=O) groups is 1. The van der Waals surface area contributed by atoms with Crippen molar-refractivity contribution in [1.82, 2.24) is 10.2 Å². The van der Waals surface area contributed by atoms with E-state index in [1.807, 2.05) is 6.92 Å². The molecule has 0 heterocycles. The van der Waals surface area contributed by atoms with Gasteiger partial charge >= 0.3 is 0 Å². The smallest absolute Gasteiger partial charge is 0.240 e. The molecule has 18 heavy (non-hydrogen) atoms. The van der Waals surface area contributed by atoms with Gasteiger partial charge in [0.25, 0.3) is 0 Å². The van der Waals surface area contributed by atoms with Crippen molar-refractivity contribution < 1.29 is 4.79 Å². The van der Waals surface area contributed by atoms with E-state index in [1.54, 1.807) is 6.92 Å². The Morgan fingerprint density at radius 2 is 2.00 bits per heavy atom. The fourth-order valence-corrected chi connectivity index (χ4v) is 2.55. The van der Waals surface area contributed by atoms with Gasteiger partial charge in [-0.05, 0) is 40.3 Å². The van der Waals surface area contributed by atoms with Crippen molar-refractivity contribution in [1.29, 1.82) is 5.26 Å². The van der Waals surface area contributed by atoms with Crippen molar-refractivity contribution in [2.75, 3.05) is 20.6 Å². The van der Waals surface area contributed by atoms with Gasteiger partial charge in [-0.25, -0.2) is 0 Å². The topological polar surface area (TPSA) is 56.1 Å². The lowest BCUT2D eigenvalue weighted by atomic mass is 9.87. The molecule has 102 valence electrons. The Balaban J connectivity index is 2.64. The van der Waals surface area contributed by atoms with Gasteiger partial charge < -0.3 is 10.2 Å². The number of amides is 1.